The first-order valence-electron chi connectivity index (χ1n) is 5.18. The van der Waals surface area contributed by atoms with Gasteiger partial charge in [0.1, 0.15) is 6.10 Å². The van der Waals surface area contributed by atoms with Crippen molar-refractivity contribution in [2.75, 3.05) is 13.1 Å². The summed E-state index contributed by atoms with van der Waals surface area (Å²) in [5.74, 6) is 0. The van der Waals surface area contributed by atoms with Crippen LogP contribution in [0.3, 0.4) is 0 Å². The quantitative estimate of drug-likeness (QED) is 0.713. The van der Waals surface area contributed by atoms with Gasteiger partial charge in [-0.3, -0.25) is 0 Å². The van der Waals surface area contributed by atoms with E-state index in [1.807, 2.05) is 11.5 Å². The summed E-state index contributed by atoms with van der Waals surface area (Å²) in [6.45, 7) is 6.51. The van der Waals surface area contributed by atoms with Crippen LogP contribution < -0.4 is 5.32 Å². The van der Waals surface area contributed by atoms with Gasteiger partial charge in [0.2, 0.25) is 0 Å². The number of hydrogen-bond acceptors (Lipinski definition) is 3. The summed E-state index contributed by atoms with van der Waals surface area (Å²) in [4.78, 5) is 4.05. The van der Waals surface area contributed by atoms with Gasteiger partial charge in [0.05, 0.1) is 18.2 Å². The summed E-state index contributed by atoms with van der Waals surface area (Å²) in [5.41, 5.74) is 0.896. The topological polar surface area (TPSA) is 50.1 Å². The average Bonchev–Trinajstić information content (AvgIpc) is 2.63. The number of aliphatic hydroxyl groups is 1. The molecule has 0 aliphatic rings. The highest BCUT2D eigenvalue weighted by Crippen LogP contribution is 2.11. The molecular weight excluding hydrogens is 178 g/mol. The fraction of sp³-hybridized carbons (Fsp3) is 0.700. The maximum Gasteiger partial charge on any atom is 0.108 e. The van der Waals surface area contributed by atoms with Gasteiger partial charge in [-0.05, 0) is 13.0 Å². The molecular formula is C10H19N3O. The van der Waals surface area contributed by atoms with E-state index in [1.54, 1.807) is 12.5 Å². The van der Waals surface area contributed by atoms with Crippen LogP contribution >= 0.6 is 0 Å². The molecule has 0 saturated heterocycles. The molecule has 0 amide bonds. The number of hydrogen-bond donors (Lipinski definition) is 2. The Labute approximate surface area is 85.0 Å². The lowest BCUT2D eigenvalue weighted by Crippen LogP contribution is -2.22. The smallest absolute Gasteiger partial charge is 0.108 e. The van der Waals surface area contributed by atoms with Crippen molar-refractivity contribution in [2.24, 2.45) is 0 Å². The van der Waals surface area contributed by atoms with Crippen molar-refractivity contribution >= 4 is 0 Å². The van der Waals surface area contributed by atoms with Gasteiger partial charge in [-0.2, -0.15) is 0 Å². The number of aromatic nitrogens is 2. The Morgan fingerprint density at radius 2 is 2.36 bits per heavy atom. The van der Waals surface area contributed by atoms with E-state index < -0.39 is 6.10 Å². The molecule has 1 aromatic heterocycles. The third-order valence-electron chi connectivity index (χ3n) is 2.14. The van der Waals surface area contributed by atoms with Crippen LogP contribution in [-0.2, 0) is 6.54 Å². The van der Waals surface area contributed by atoms with Gasteiger partial charge < -0.3 is 15.0 Å². The number of nitrogens with zero attached hydrogens (tertiary/aromatic N) is 2. The van der Waals surface area contributed by atoms with Crippen molar-refractivity contribution in [3.05, 3.63) is 18.2 Å². The van der Waals surface area contributed by atoms with Crippen LogP contribution in [0.4, 0.5) is 0 Å². The maximum absolute atomic E-state index is 9.82. The summed E-state index contributed by atoms with van der Waals surface area (Å²) in [7, 11) is 0. The van der Waals surface area contributed by atoms with Crippen molar-refractivity contribution < 1.29 is 5.11 Å². The first-order valence-corrected chi connectivity index (χ1v) is 5.18. The molecule has 0 aliphatic heterocycles. The van der Waals surface area contributed by atoms with Crippen LogP contribution in [0.1, 0.15) is 32.1 Å². The Kier molecular flexibility index (Phi) is 4.62. The number of aryl methyl sites for hydroxylation is 1. The summed E-state index contributed by atoms with van der Waals surface area (Å²) in [6.07, 6.45) is 4.10. The second kappa shape index (κ2) is 5.78. The maximum atomic E-state index is 9.82. The highest BCUT2D eigenvalue weighted by molar-refractivity contribution is 5.03. The SMILES string of the molecule is CCCn1cncc1C(O)CNCC. The van der Waals surface area contributed by atoms with Gasteiger partial charge in [0.15, 0.2) is 0 Å². The van der Waals surface area contributed by atoms with E-state index in [9.17, 15) is 5.11 Å². The number of aliphatic hydroxyl groups excluding tert-OH is 1. The van der Waals surface area contributed by atoms with Crippen LogP contribution in [-0.4, -0.2) is 27.7 Å². The minimum Gasteiger partial charge on any atom is -0.385 e. The molecule has 0 radical (unpaired) electrons. The molecule has 1 heterocycles. The van der Waals surface area contributed by atoms with Gasteiger partial charge in [-0.15, -0.1) is 0 Å². The lowest BCUT2D eigenvalue weighted by molar-refractivity contribution is 0.166. The first-order chi connectivity index (χ1) is 6.79. The third kappa shape index (κ3) is 2.82. The van der Waals surface area contributed by atoms with Gasteiger partial charge in [-0.1, -0.05) is 13.8 Å². The van der Waals surface area contributed by atoms with E-state index in [4.69, 9.17) is 0 Å². The van der Waals surface area contributed by atoms with E-state index in [2.05, 4.69) is 17.2 Å². The fourth-order valence-corrected chi connectivity index (χ4v) is 1.42. The van der Waals surface area contributed by atoms with E-state index >= 15 is 0 Å². The summed E-state index contributed by atoms with van der Waals surface area (Å²) in [5, 5.41) is 12.9. The standard InChI is InChI=1S/C10H19N3O/c1-3-5-13-8-12-6-9(13)10(14)7-11-4-2/h6,8,10-11,14H,3-5,7H2,1-2H3. The molecule has 1 aromatic rings. The molecule has 80 valence electrons. The van der Waals surface area contributed by atoms with E-state index in [1.165, 1.54) is 0 Å². The molecule has 4 nitrogen and oxygen atoms in total. The molecule has 0 fully saturated rings. The zero-order valence-corrected chi connectivity index (χ0v) is 8.90. The molecule has 1 unspecified atom stereocenters. The van der Waals surface area contributed by atoms with Gasteiger partial charge >= 0.3 is 0 Å². The van der Waals surface area contributed by atoms with Crippen molar-refractivity contribution in [1.29, 1.82) is 0 Å². The molecule has 0 bridgehead atoms. The number of likely N-dealkylation sites (N-methyl/N-ethyl adjacent to an activating group) is 1. The molecule has 1 rings (SSSR count). The minimum atomic E-state index is -0.455. The monoisotopic (exact) mass is 197 g/mol. The zero-order chi connectivity index (χ0) is 10.4. The molecule has 0 aromatic carbocycles. The lowest BCUT2D eigenvalue weighted by Gasteiger charge is -2.13. The summed E-state index contributed by atoms with van der Waals surface area (Å²) < 4.78 is 2.00. The van der Waals surface area contributed by atoms with Crippen LogP contribution in [0.15, 0.2) is 12.5 Å². The fourth-order valence-electron chi connectivity index (χ4n) is 1.42. The third-order valence-corrected chi connectivity index (χ3v) is 2.14. The Morgan fingerprint density at radius 1 is 1.57 bits per heavy atom. The first kappa shape index (κ1) is 11.2. The van der Waals surface area contributed by atoms with Crippen LogP contribution in [0.2, 0.25) is 0 Å². The lowest BCUT2D eigenvalue weighted by atomic mass is 10.2. The molecule has 14 heavy (non-hydrogen) atoms. The van der Waals surface area contributed by atoms with Gasteiger partial charge in [-0.25, -0.2) is 4.98 Å². The molecule has 2 N–H and O–H groups in total. The molecule has 0 saturated carbocycles. The van der Waals surface area contributed by atoms with Crippen LogP contribution in [0.25, 0.3) is 0 Å². The Bertz CT molecular complexity index is 260. The molecule has 0 aliphatic carbocycles. The number of imidazole rings is 1. The summed E-state index contributed by atoms with van der Waals surface area (Å²) in [6, 6.07) is 0. The molecule has 1 atom stereocenters. The van der Waals surface area contributed by atoms with Crippen molar-refractivity contribution in [3.8, 4) is 0 Å². The van der Waals surface area contributed by atoms with Crippen LogP contribution in [0, 0.1) is 0 Å². The van der Waals surface area contributed by atoms with E-state index in [-0.39, 0.29) is 0 Å². The number of rotatable bonds is 6. The Morgan fingerprint density at radius 3 is 3.00 bits per heavy atom. The van der Waals surface area contributed by atoms with Crippen molar-refractivity contribution in [2.45, 2.75) is 32.9 Å². The average molecular weight is 197 g/mol. The van der Waals surface area contributed by atoms with Crippen molar-refractivity contribution in [1.82, 2.24) is 14.9 Å². The predicted molar refractivity (Wildman–Crippen MR) is 56.0 cm³/mol. The normalized spacial score (nSPS) is 13.1. The van der Waals surface area contributed by atoms with Crippen molar-refractivity contribution in [3.63, 3.8) is 0 Å². The highest BCUT2D eigenvalue weighted by atomic mass is 16.3. The summed E-state index contributed by atoms with van der Waals surface area (Å²) >= 11 is 0. The minimum absolute atomic E-state index is 0.455. The Hall–Kier alpha value is -0.870. The van der Waals surface area contributed by atoms with E-state index in [0.29, 0.717) is 6.54 Å². The largest absolute Gasteiger partial charge is 0.385 e. The number of nitrogens with one attached hydrogen (secondary N) is 1. The second-order valence-electron chi connectivity index (χ2n) is 3.34. The molecule has 0 spiro atoms. The highest BCUT2D eigenvalue weighted by Gasteiger charge is 2.11. The molecule has 4 heteroatoms. The van der Waals surface area contributed by atoms with Gasteiger partial charge in [0.25, 0.3) is 0 Å². The van der Waals surface area contributed by atoms with E-state index in [0.717, 1.165) is 25.2 Å². The second-order valence-corrected chi connectivity index (χ2v) is 3.34. The van der Waals surface area contributed by atoms with Crippen LogP contribution in [0.5, 0.6) is 0 Å². The Balaban J connectivity index is 2.58. The zero-order valence-electron chi connectivity index (χ0n) is 8.90. The van der Waals surface area contributed by atoms with Gasteiger partial charge in [0, 0.05) is 13.1 Å². The predicted octanol–water partition coefficient (Wildman–Crippen LogP) is 0.936.